The number of esters is 1. The lowest BCUT2D eigenvalue weighted by atomic mass is 10.1. The standard InChI is InChI=1S/C56H99O9P/c1-3-5-7-9-11-13-15-17-19-21-23-25-26-27-29-31-33-35-37-39-41-43-45-47-49-62-52-55(53-64-66(60,61)63-51-54(58)50-57)65-56(59)48-46-44-42-40-38-36-34-32-30-28-24-22-20-18-16-14-12-10-8-6-4-2/h5,7,11,13,16-19,22-25,30,32,54-55,57-58H,3-4,6,8-10,12,14-15,20-21,26-29,31,33-53H2,1-2H3,(H,60,61)/b7-5-,13-11-,18-16-,19-17-,24-22-,25-23-,32-30-. The molecular formula is C56H99O9P. The van der Waals surface area contributed by atoms with Crippen LogP contribution in [0.25, 0.3) is 0 Å². The van der Waals surface area contributed by atoms with Gasteiger partial charge in [-0.15, -0.1) is 0 Å². The molecule has 0 aliphatic heterocycles. The maximum atomic E-state index is 12.7. The van der Waals surface area contributed by atoms with Crippen LogP contribution in [-0.4, -0.2) is 66.3 Å². The van der Waals surface area contributed by atoms with E-state index in [0.29, 0.717) is 13.0 Å². The Morgan fingerprint density at radius 3 is 1.30 bits per heavy atom. The molecule has 0 aromatic heterocycles. The first-order chi connectivity index (χ1) is 32.3. The van der Waals surface area contributed by atoms with Crippen molar-refractivity contribution in [3.05, 3.63) is 85.1 Å². The summed E-state index contributed by atoms with van der Waals surface area (Å²) in [5.41, 5.74) is 0. The zero-order valence-corrected chi connectivity index (χ0v) is 43.0. The molecule has 3 N–H and O–H groups in total. The van der Waals surface area contributed by atoms with Gasteiger partial charge in [0.25, 0.3) is 0 Å². The van der Waals surface area contributed by atoms with E-state index in [1.165, 1.54) is 96.3 Å². The summed E-state index contributed by atoms with van der Waals surface area (Å²) >= 11 is 0. The summed E-state index contributed by atoms with van der Waals surface area (Å²) < 4.78 is 33.6. The SMILES string of the molecule is CC/C=C\C/C=C\C/C=C\C/C=C\CCCCCCCCCCCCCOCC(COP(=O)(O)OCC(O)CO)OC(=O)CCCCCCCC/C=C\C/C=C\C/C=C\CCCCCCC. The molecule has 0 saturated heterocycles. The van der Waals surface area contributed by atoms with Gasteiger partial charge in [0.2, 0.25) is 0 Å². The number of phosphoric acid groups is 1. The minimum absolute atomic E-state index is 0.0375. The van der Waals surface area contributed by atoms with E-state index >= 15 is 0 Å². The number of allylic oxidation sites excluding steroid dienone is 14. The average Bonchev–Trinajstić information content (AvgIpc) is 3.31. The highest BCUT2D eigenvalue weighted by atomic mass is 31.2. The second-order valence-electron chi connectivity index (χ2n) is 17.5. The fraction of sp³-hybridized carbons (Fsp3) is 0.732. The molecule has 3 atom stereocenters. The maximum Gasteiger partial charge on any atom is 0.472 e. The van der Waals surface area contributed by atoms with E-state index in [-0.39, 0.29) is 19.6 Å². The Bertz CT molecular complexity index is 1300. The number of carbonyl (C=O) groups excluding carboxylic acids is 1. The number of carbonyl (C=O) groups is 1. The van der Waals surface area contributed by atoms with Crippen molar-refractivity contribution in [1.29, 1.82) is 0 Å². The quantitative estimate of drug-likeness (QED) is 0.0236. The zero-order valence-electron chi connectivity index (χ0n) is 42.1. The molecule has 0 amide bonds. The number of hydrogen-bond donors (Lipinski definition) is 3. The van der Waals surface area contributed by atoms with E-state index in [2.05, 4.69) is 98.9 Å². The van der Waals surface area contributed by atoms with Crippen LogP contribution < -0.4 is 0 Å². The Balaban J connectivity index is 4.10. The number of rotatable bonds is 50. The molecule has 0 radical (unpaired) electrons. The molecule has 0 spiro atoms. The van der Waals surface area contributed by atoms with Gasteiger partial charge in [0, 0.05) is 13.0 Å². The fourth-order valence-corrected chi connectivity index (χ4v) is 7.85. The molecule has 0 aliphatic rings. The summed E-state index contributed by atoms with van der Waals surface area (Å²) in [6.45, 7) is 3.38. The Labute approximate surface area is 405 Å². The normalized spacial score (nSPS) is 14.4. The number of unbranched alkanes of at least 4 members (excludes halogenated alkanes) is 22. The van der Waals surface area contributed by atoms with Gasteiger partial charge in [-0.2, -0.15) is 0 Å². The van der Waals surface area contributed by atoms with Crippen LogP contribution in [0, 0.1) is 0 Å². The highest BCUT2D eigenvalue weighted by Crippen LogP contribution is 2.43. The number of hydrogen-bond acceptors (Lipinski definition) is 8. The highest BCUT2D eigenvalue weighted by Gasteiger charge is 2.26. The van der Waals surface area contributed by atoms with E-state index in [4.69, 9.17) is 23.6 Å². The second-order valence-corrected chi connectivity index (χ2v) is 19.0. The van der Waals surface area contributed by atoms with Gasteiger partial charge in [0.1, 0.15) is 12.2 Å². The van der Waals surface area contributed by atoms with Crippen molar-refractivity contribution in [3.63, 3.8) is 0 Å². The smallest absolute Gasteiger partial charge is 0.457 e. The van der Waals surface area contributed by atoms with Crippen molar-refractivity contribution in [2.24, 2.45) is 0 Å². The first-order valence-electron chi connectivity index (χ1n) is 26.6. The van der Waals surface area contributed by atoms with Gasteiger partial charge < -0.3 is 24.6 Å². The first kappa shape index (κ1) is 63.6. The number of aliphatic hydroxyl groups is 2. The monoisotopic (exact) mass is 947 g/mol. The second kappa shape index (κ2) is 52.0. The summed E-state index contributed by atoms with van der Waals surface area (Å²) in [5, 5.41) is 18.4. The zero-order chi connectivity index (χ0) is 48.1. The summed E-state index contributed by atoms with van der Waals surface area (Å²) in [7, 11) is -4.54. The predicted molar refractivity (Wildman–Crippen MR) is 279 cm³/mol. The predicted octanol–water partition coefficient (Wildman–Crippen LogP) is 15.8. The van der Waals surface area contributed by atoms with Crippen LogP contribution in [-0.2, 0) is 27.9 Å². The van der Waals surface area contributed by atoms with Gasteiger partial charge in [-0.05, 0) is 89.9 Å². The van der Waals surface area contributed by atoms with Crippen molar-refractivity contribution in [1.82, 2.24) is 0 Å². The third-order valence-electron chi connectivity index (χ3n) is 11.1. The van der Waals surface area contributed by atoms with Crippen LogP contribution in [0.15, 0.2) is 85.1 Å². The summed E-state index contributed by atoms with van der Waals surface area (Å²) in [6.07, 6.45) is 65.5. The lowest BCUT2D eigenvalue weighted by Crippen LogP contribution is -2.29. The van der Waals surface area contributed by atoms with Crippen molar-refractivity contribution < 1.29 is 43.0 Å². The Morgan fingerprint density at radius 2 is 0.864 bits per heavy atom. The molecule has 0 fully saturated rings. The van der Waals surface area contributed by atoms with E-state index < -0.39 is 39.2 Å². The van der Waals surface area contributed by atoms with E-state index in [0.717, 1.165) is 96.3 Å². The fourth-order valence-electron chi connectivity index (χ4n) is 7.06. The summed E-state index contributed by atoms with van der Waals surface area (Å²) in [6, 6.07) is 0. The Hall–Kier alpha value is -2.36. The molecule has 0 bridgehead atoms. The molecule has 0 heterocycles. The lowest BCUT2D eigenvalue weighted by molar-refractivity contribution is -0.154. The molecule has 0 rings (SSSR count). The molecule has 3 unspecified atom stereocenters. The molecule has 66 heavy (non-hydrogen) atoms. The molecule has 9 nitrogen and oxygen atoms in total. The maximum absolute atomic E-state index is 12.7. The molecule has 0 aromatic rings. The van der Waals surface area contributed by atoms with E-state index in [1.807, 2.05) is 0 Å². The van der Waals surface area contributed by atoms with Crippen LogP contribution >= 0.6 is 7.82 Å². The molecule has 0 aromatic carbocycles. The minimum atomic E-state index is -4.54. The molecular weight excluding hydrogens is 848 g/mol. The lowest BCUT2D eigenvalue weighted by Gasteiger charge is -2.20. The first-order valence-corrected chi connectivity index (χ1v) is 28.1. The number of ether oxygens (including phenoxy) is 2. The number of aliphatic hydroxyl groups excluding tert-OH is 2. The molecule has 10 heteroatoms. The molecule has 382 valence electrons. The third-order valence-corrected chi connectivity index (χ3v) is 12.0. The number of phosphoric ester groups is 1. The topological polar surface area (TPSA) is 132 Å². The third kappa shape index (κ3) is 51.0. The van der Waals surface area contributed by atoms with Crippen molar-refractivity contribution in [2.75, 3.05) is 33.0 Å². The highest BCUT2D eigenvalue weighted by molar-refractivity contribution is 7.47. The van der Waals surface area contributed by atoms with Gasteiger partial charge >= 0.3 is 13.8 Å². The van der Waals surface area contributed by atoms with Crippen LogP contribution in [0.5, 0.6) is 0 Å². The van der Waals surface area contributed by atoms with Crippen LogP contribution in [0.2, 0.25) is 0 Å². The van der Waals surface area contributed by atoms with Gasteiger partial charge in [-0.3, -0.25) is 13.8 Å². The summed E-state index contributed by atoms with van der Waals surface area (Å²) in [4.78, 5) is 22.7. The van der Waals surface area contributed by atoms with Crippen molar-refractivity contribution in [2.45, 2.75) is 232 Å². The van der Waals surface area contributed by atoms with Crippen LogP contribution in [0.1, 0.15) is 219 Å². The van der Waals surface area contributed by atoms with Crippen molar-refractivity contribution in [3.8, 4) is 0 Å². The average molecular weight is 947 g/mol. The Morgan fingerprint density at radius 1 is 0.485 bits per heavy atom. The van der Waals surface area contributed by atoms with Crippen molar-refractivity contribution >= 4 is 13.8 Å². The summed E-state index contributed by atoms with van der Waals surface area (Å²) in [5.74, 6) is -0.397. The van der Waals surface area contributed by atoms with Crippen LogP contribution in [0.4, 0.5) is 0 Å². The van der Waals surface area contributed by atoms with E-state index in [9.17, 15) is 19.4 Å². The Kier molecular flexibility index (Phi) is 50.2. The largest absolute Gasteiger partial charge is 0.472 e. The van der Waals surface area contributed by atoms with Gasteiger partial charge in [0.15, 0.2) is 0 Å². The van der Waals surface area contributed by atoms with E-state index in [1.54, 1.807) is 0 Å². The van der Waals surface area contributed by atoms with Gasteiger partial charge in [0.05, 0.1) is 26.4 Å². The van der Waals surface area contributed by atoms with Gasteiger partial charge in [-0.25, -0.2) is 4.57 Å². The molecule has 0 aliphatic carbocycles. The van der Waals surface area contributed by atoms with Crippen LogP contribution in [0.3, 0.4) is 0 Å². The molecule has 0 saturated carbocycles. The minimum Gasteiger partial charge on any atom is -0.457 e. The van der Waals surface area contributed by atoms with Gasteiger partial charge in [-0.1, -0.05) is 208 Å².